The first-order chi connectivity index (χ1) is 11.0. The van der Waals surface area contributed by atoms with Gasteiger partial charge in [-0.25, -0.2) is 4.79 Å². The van der Waals surface area contributed by atoms with Gasteiger partial charge in [-0.05, 0) is 71.8 Å². The van der Waals surface area contributed by atoms with Crippen molar-refractivity contribution in [2.75, 3.05) is 0 Å². The van der Waals surface area contributed by atoms with Gasteiger partial charge in [-0.1, -0.05) is 23.7 Å². The highest BCUT2D eigenvalue weighted by Gasteiger charge is 2.13. The second kappa shape index (κ2) is 6.53. The summed E-state index contributed by atoms with van der Waals surface area (Å²) in [6.45, 7) is 4.13. The predicted octanol–water partition coefficient (Wildman–Crippen LogP) is 5.25. The van der Waals surface area contributed by atoms with Crippen LogP contribution in [0.15, 0.2) is 45.6 Å². The standard InChI is InChI=1S/C18H14ClIO3/c1-10-11(2)18(21)23-17-14(10)7-8-15(16(17)20)22-9-12-3-5-13(19)6-4-12/h3-8H,9H2,1-2H3. The van der Waals surface area contributed by atoms with E-state index in [2.05, 4.69) is 22.6 Å². The van der Waals surface area contributed by atoms with Gasteiger partial charge in [0.25, 0.3) is 0 Å². The fourth-order valence-electron chi connectivity index (χ4n) is 2.31. The van der Waals surface area contributed by atoms with Crippen LogP contribution >= 0.6 is 34.2 Å². The molecular formula is C18H14ClIO3. The molecule has 0 aliphatic carbocycles. The molecule has 3 nitrogen and oxygen atoms in total. The molecule has 0 radical (unpaired) electrons. The van der Waals surface area contributed by atoms with Gasteiger partial charge in [-0.3, -0.25) is 0 Å². The Labute approximate surface area is 152 Å². The first kappa shape index (κ1) is 16.3. The molecule has 3 rings (SSSR count). The molecule has 5 heteroatoms. The monoisotopic (exact) mass is 440 g/mol. The van der Waals surface area contributed by atoms with Crippen LogP contribution < -0.4 is 10.4 Å². The molecule has 0 spiro atoms. The van der Waals surface area contributed by atoms with Crippen molar-refractivity contribution >= 4 is 45.2 Å². The number of halogens is 2. The van der Waals surface area contributed by atoms with E-state index in [1.54, 1.807) is 6.92 Å². The van der Waals surface area contributed by atoms with Gasteiger partial charge in [-0.15, -0.1) is 0 Å². The molecule has 0 N–H and O–H groups in total. The zero-order chi connectivity index (χ0) is 16.6. The molecule has 1 aromatic heterocycles. The Bertz CT molecular complexity index is 930. The minimum Gasteiger partial charge on any atom is -0.488 e. The third-order valence-corrected chi connectivity index (χ3v) is 5.11. The molecule has 2 aromatic carbocycles. The lowest BCUT2D eigenvalue weighted by atomic mass is 10.1. The van der Waals surface area contributed by atoms with Crippen molar-refractivity contribution in [3.05, 3.63) is 72.1 Å². The number of rotatable bonds is 3. The second-order valence-electron chi connectivity index (χ2n) is 5.31. The Balaban J connectivity index is 1.96. The molecule has 0 saturated heterocycles. The number of fused-ring (bicyclic) bond motifs is 1. The lowest BCUT2D eigenvalue weighted by Gasteiger charge is -2.11. The molecule has 1 heterocycles. The average molecular weight is 441 g/mol. The fourth-order valence-corrected chi connectivity index (χ4v) is 3.17. The predicted molar refractivity (Wildman–Crippen MR) is 100 cm³/mol. The van der Waals surface area contributed by atoms with E-state index < -0.39 is 0 Å². The number of aryl methyl sites for hydroxylation is 1. The van der Waals surface area contributed by atoms with E-state index in [-0.39, 0.29) is 5.63 Å². The summed E-state index contributed by atoms with van der Waals surface area (Å²) in [6, 6.07) is 11.3. The molecule has 0 bridgehead atoms. The summed E-state index contributed by atoms with van der Waals surface area (Å²) in [5, 5.41) is 1.63. The maximum Gasteiger partial charge on any atom is 0.339 e. The van der Waals surface area contributed by atoms with Gasteiger partial charge < -0.3 is 9.15 Å². The van der Waals surface area contributed by atoms with Gasteiger partial charge in [0.15, 0.2) is 5.58 Å². The fraction of sp³-hybridized carbons (Fsp3) is 0.167. The molecule has 0 atom stereocenters. The normalized spacial score (nSPS) is 11.0. The van der Waals surface area contributed by atoms with E-state index in [0.717, 1.165) is 20.1 Å². The first-order valence-corrected chi connectivity index (χ1v) is 8.53. The smallest absolute Gasteiger partial charge is 0.339 e. The van der Waals surface area contributed by atoms with E-state index in [0.29, 0.717) is 28.5 Å². The average Bonchev–Trinajstić information content (AvgIpc) is 2.54. The molecule has 0 aliphatic rings. The van der Waals surface area contributed by atoms with Crippen molar-refractivity contribution in [2.24, 2.45) is 0 Å². The van der Waals surface area contributed by atoms with Crippen LogP contribution in [0, 0.1) is 17.4 Å². The van der Waals surface area contributed by atoms with Crippen LogP contribution in [-0.2, 0) is 6.61 Å². The van der Waals surface area contributed by atoms with Crippen LogP contribution in [0.3, 0.4) is 0 Å². The van der Waals surface area contributed by atoms with E-state index in [4.69, 9.17) is 20.8 Å². The molecule has 0 amide bonds. The first-order valence-electron chi connectivity index (χ1n) is 7.07. The number of hydrogen-bond donors (Lipinski definition) is 0. The zero-order valence-corrected chi connectivity index (χ0v) is 15.6. The largest absolute Gasteiger partial charge is 0.488 e. The third kappa shape index (κ3) is 3.23. The van der Waals surface area contributed by atoms with Crippen LogP contribution in [0.1, 0.15) is 16.7 Å². The van der Waals surface area contributed by atoms with Crippen molar-refractivity contribution in [3.63, 3.8) is 0 Å². The van der Waals surface area contributed by atoms with Crippen LogP contribution in [0.4, 0.5) is 0 Å². The number of ether oxygens (including phenoxy) is 1. The quantitative estimate of drug-likeness (QED) is 0.413. The highest BCUT2D eigenvalue weighted by molar-refractivity contribution is 14.1. The Kier molecular flexibility index (Phi) is 4.64. The molecule has 118 valence electrons. The van der Waals surface area contributed by atoms with Gasteiger partial charge in [0.1, 0.15) is 12.4 Å². The summed E-state index contributed by atoms with van der Waals surface area (Å²) in [4.78, 5) is 11.9. The van der Waals surface area contributed by atoms with Crippen molar-refractivity contribution in [1.82, 2.24) is 0 Å². The van der Waals surface area contributed by atoms with Crippen LogP contribution in [-0.4, -0.2) is 0 Å². The summed E-state index contributed by atoms with van der Waals surface area (Å²) >= 11 is 8.03. The molecule has 0 saturated carbocycles. The van der Waals surface area contributed by atoms with Gasteiger partial charge in [0.05, 0.1) is 3.57 Å². The Morgan fingerprint density at radius 2 is 1.78 bits per heavy atom. The Hall–Kier alpha value is -1.53. The Morgan fingerprint density at radius 3 is 2.48 bits per heavy atom. The van der Waals surface area contributed by atoms with Gasteiger partial charge >= 0.3 is 5.63 Å². The van der Waals surface area contributed by atoms with Crippen LogP contribution in [0.2, 0.25) is 5.02 Å². The summed E-state index contributed by atoms with van der Waals surface area (Å²) in [5.74, 6) is 0.694. The topological polar surface area (TPSA) is 39.4 Å². The summed E-state index contributed by atoms with van der Waals surface area (Å²) in [6.07, 6.45) is 0. The third-order valence-electron chi connectivity index (χ3n) is 3.84. The SMILES string of the molecule is Cc1c(C)c2ccc(OCc3ccc(Cl)cc3)c(I)c2oc1=O. The molecule has 0 unspecified atom stereocenters. The molecule has 3 aromatic rings. The zero-order valence-electron chi connectivity index (χ0n) is 12.7. The number of benzene rings is 2. The van der Waals surface area contributed by atoms with Crippen molar-refractivity contribution < 1.29 is 9.15 Å². The minimum absolute atomic E-state index is 0.303. The minimum atomic E-state index is -0.303. The highest BCUT2D eigenvalue weighted by Crippen LogP contribution is 2.31. The number of hydrogen-bond acceptors (Lipinski definition) is 3. The second-order valence-corrected chi connectivity index (χ2v) is 6.82. The van der Waals surface area contributed by atoms with Crippen LogP contribution in [0.5, 0.6) is 5.75 Å². The highest BCUT2D eigenvalue weighted by atomic mass is 127. The van der Waals surface area contributed by atoms with Crippen molar-refractivity contribution in [2.45, 2.75) is 20.5 Å². The van der Waals surface area contributed by atoms with E-state index in [9.17, 15) is 4.79 Å². The van der Waals surface area contributed by atoms with Crippen molar-refractivity contribution in [1.29, 1.82) is 0 Å². The molecular weight excluding hydrogens is 427 g/mol. The van der Waals surface area contributed by atoms with Crippen LogP contribution in [0.25, 0.3) is 11.0 Å². The lowest BCUT2D eigenvalue weighted by molar-refractivity contribution is 0.304. The van der Waals surface area contributed by atoms with Gasteiger partial charge in [0.2, 0.25) is 0 Å². The maximum absolute atomic E-state index is 11.9. The summed E-state index contributed by atoms with van der Waals surface area (Å²) in [5.41, 5.74) is 2.88. The lowest BCUT2D eigenvalue weighted by Crippen LogP contribution is -2.07. The van der Waals surface area contributed by atoms with E-state index >= 15 is 0 Å². The summed E-state index contributed by atoms with van der Waals surface area (Å²) < 4.78 is 12.1. The van der Waals surface area contributed by atoms with E-state index in [1.807, 2.05) is 43.3 Å². The Morgan fingerprint density at radius 1 is 1.09 bits per heavy atom. The molecule has 0 fully saturated rings. The van der Waals surface area contributed by atoms with Crippen molar-refractivity contribution in [3.8, 4) is 5.75 Å². The summed E-state index contributed by atoms with van der Waals surface area (Å²) in [7, 11) is 0. The van der Waals surface area contributed by atoms with Gasteiger partial charge in [-0.2, -0.15) is 0 Å². The molecule has 23 heavy (non-hydrogen) atoms. The maximum atomic E-state index is 11.9. The van der Waals surface area contributed by atoms with E-state index in [1.165, 1.54) is 0 Å². The van der Waals surface area contributed by atoms with Gasteiger partial charge in [0, 0.05) is 16.0 Å². The molecule has 0 aliphatic heterocycles.